The molecule has 0 aliphatic rings. The van der Waals surface area contributed by atoms with Gasteiger partial charge in [0.2, 0.25) is 0 Å². The molecule has 0 fully saturated rings. The quantitative estimate of drug-likeness (QED) is 0.464. The summed E-state index contributed by atoms with van der Waals surface area (Å²) in [5.74, 6) is -0.723. The molecule has 0 saturated carbocycles. The number of amides is 1. The molecule has 0 saturated heterocycles. The van der Waals surface area contributed by atoms with Crippen LogP contribution in [0.4, 0.5) is 5.82 Å². The Morgan fingerprint density at radius 2 is 1.72 bits per heavy atom. The highest BCUT2D eigenvalue weighted by Crippen LogP contribution is 2.28. The van der Waals surface area contributed by atoms with Gasteiger partial charge in [-0.2, -0.15) is 5.10 Å². The van der Waals surface area contributed by atoms with Gasteiger partial charge in [-0.15, -0.1) is 0 Å². The van der Waals surface area contributed by atoms with E-state index in [1.807, 2.05) is 57.2 Å². The highest BCUT2D eigenvalue weighted by atomic mass is 16.4. The molecular formula is C25H24N4O3. The van der Waals surface area contributed by atoms with Crippen LogP contribution >= 0.6 is 0 Å². The maximum absolute atomic E-state index is 12.9. The molecule has 0 aliphatic heterocycles. The molecule has 2 N–H and O–H groups in total. The number of fused-ring (bicyclic) bond motifs is 1. The van der Waals surface area contributed by atoms with Crippen LogP contribution in [0.2, 0.25) is 0 Å². The number of rotatable bonds is 6. The Labute approximate surface area is 185 Å². The van der Waals surface area contributed by atoms with Crippen LogP contribution < -0.4 is 5.32 Å². The van der Waals surface area contributed by atoms with Gasteiger partial charge in [0.25, 0.3) is 5.91 Å². The molecule has 0 atom stereocenters. The minimum atomic E-state index is -0.859. The number of hydrogen-bond acceptors (Lipinski definition) is 4. The lowest BCUT2D eigenvalue weighted by Gasteiger charge is -2.23. The number of anilines is 1. The number of nitrogens with zero attached hydrogens (tertiary/aromatic N) is 3. The molecule has 2 aromatic heterocycles. The second-order valence-corrected chi connectivity index (χ2v) is 8.43. The van der Waals surface area contributed by atoms with Crippen LogP contribution in [0.3, 0.4) is 0 Å². The highest BCUT2D eigenvalue weighted by molar-refractivity contribution is 6.04. The summed E-state index contributed by atoms with van der Waals surface area (Å²) in [6.45, 7) is 5.64. The van der Waals surface area contributed by atoms with Crippen LogP contribution in [-0.2, 0) is 10.2 Å². The Morgan fingerprint density at radius 1 is 1.03 bits per heavy atom. The lowest BCUT2D eigenvalue weighted by molar-refractivity contribution is -0.138. The second kappa shape index (κ2) is 8.26. The molecule has 2 aromatic carbocycles. The summed E-state index contributed by atoms with van der Waals surface area (Å²) in [7, 11) is 0. The fourth-order valence-electron chi connectivity index (χ4n) is 3.71. The van der Waals surface area contributed by atoms with Gasteiger partial charge in [-0.1, -0.05) is 56.3 Å². The first-order valence-corrected chi connectivity index (χ1v) is 10.3. The average molecular weight is 428 g/mol. The number of carbonyl (C=O) groups is 2. The molecule has 7 heteroatoms. The Kier molecular flexibility index (Phi) is 5.48. The van der Waals surface area contributed by atoms with Gasteiger partial charge in [0.05, 0.1) is 17.8 Å². The maximum Gasteiger partial charge on any atom is 0.304 e. The molecule has 0 bridgehead atoms. The van der Waals surface area contributed by atoms with Crippen molar-refractivity contribution in [2.24, 2.45) is 0 Å². The normalized spacial score (nSPS) is 11.5. The fourth-order valence-corrected chi connectivity index (χ4v) is 3.71. The molecule has 4 rings (SSSR count). The molecule has 0 aliphatic carbocycles. The number of carboxylic acids is 1. The number of carboxylic acid groups (broad SMARTS) is 1. The van der Waals surface area contributed by atoms with Gasteiger partial charge in [-0.05, 0) is 24.6 Å². The van der Waals surface area contributed by atoms with E-state index in [2.05, 4.69) is 15.4 Å². The third-order valence-corrected chi connectivity index (χ3v) is 5.38. The van der Waals surface area contributed by atoms with E-state index < -0.39 is 11.4 Å². The maximum atomic E-state index is 12.9. The summed E-state index contributed by atoms with van der Waals surface area (Å²) in [4.78, 5) is 28.5. The number of carbonyl (C=O) groups excluding carboxylic acids is 1. The van der Waals surface area contributed by atoms with E-state index in [-0.39, 0.29) is 12.3 Å². The second-order valence-electron chi connectivity index (χ2n) is 8.43. The van der Waals surface area contributed by atoms with Crippen molar-refractivity contribution in [1.82, 2.24) is 14.6 Å². The SMILES string of the molecule is Cc1cc2nc(NC(=O)c3ccc(C(C)(C)CC(=O)O)cc3)cc(-c3ccccc3)n2n1. The first kappa shape index (κ1) is 21.2. The zero-order valence-electron chi connectivity index (χ0n) is 18.2. The number of hydrogen-bond donors (Lipinski definition) is 2. The van der Waals surface area contributed by atoms with Crippen molar-refractivity contribution in [3.63, 3.8) is 0 Å². The minimum Gasteiger partial charge on any atom is -0.481 e. The molecular weight excluding hydrogens is 404 g/mol. The first-order valence-electron chi connectivity index (χ1n) is 10.3. The van der Waals surface area contributed by atoms with E-state index in [0.717, 1.165) is 22.5 Å². The third-order valence-electron chi connectivity index (χ3n) is 5.38. The van der Waals surface area contributed by atoms with E-state index >= 15 is 0 Å². The number of aryl methyl sites for hydroxylation is 1. The van der Waals surface area contributed by atoms with Crippen LogP contribution in [0.15, 0.2) is 66.7 Å². The molecule has 7 nitrogen and oxygen atoms in total. The molecule has 0 spiro atoms. The van der Waals surface area contributed by atoms with Crippen molar-refractivity contribution in [2.75, 3.05) is 5.32 Å². The van der Waals surface area contributed by atoms with Gasteiger partial charge in [0, 0.05) is 28.7 Å². The van der Waals surface area contributed by atoms with Crippen LogP contribution in [0.1, 0.15) is 41.9 Å². The zero-order valence-corrected chi connectivity index (χ0v) is 18.2. The van der Waals surface area contributed by atoms with Crippen LogP contribution in [0.25, 0.3) is 16.9 Å². The number of aromatic nitrogens is 3. The minimum absolute atomic E-state index is 0.00943. The van der Waals surface area contributed by atoms with Crippen LogP contribution in [0.5, 0.6) is 0 Å². The summed E-state index contributed by atoms with van der Waals surface area (Å²) < 4.78 is 1.76. The first-order chi connectivity index (χ1) is 15.2. The van der Waals surface area contributed by atoms with Gasteiger partial charge < -0.3 is 10.4 Å². The lowest BCUT2D eigenvalue weighted by Crippen LogP contribution is -2.22. The predicted molar refractivity (Wildman–Crippen MR) is 123 cm³/mol. The Hall–Kier alpha value is -4.00. The largest absolute Gasteiger partial charge is 0.481 e. The van der Waals surface area contributed by atoms with Crippen LogP contribution in [-0.4, -0.2) is 31.6 Å². The zero-order chi connectivity index (χ0) is 22.9. The Bertz CT molecular complexity index is 1290. The standard InChI is InChI=1S/C25H24N4O3/c1-16-13-22-26-21(14-20(29(22)28-16)17-7-5-4-6-8-17)27-24(32)18-9-11-19(12-10-18)25(2,3)15-23(30)31/h4-14H,15H2,1-3H3,(H,30,31)(H,26,27,32). The Morgan fingerprint density at radius 3 is 2.38 bits per heavy atom. The molecule has 4 aromatic rings. The van der Waals surface area contributed by atoms with E-state index in [0.29, 0.717) is 17.0 Å². The summed E-state index contributed by atoms with van der Waals surface area (Å²) >= 11 is 0. The van der Waals surface area contributed by atoms with Crippen molar-refractivity contribution >= 4 is 23.3 Å². The topological polar surface area (TPSA) is 96.6 Å². The molecule has 0 unspecified atom stereocenters. The van der Waals surface area contributed by atoms with Crippen molar-refractivity contribution < 1.29 is 14.7 Å². The van der Waals surface area contributed by atoms with Crippen LogP contribution in [0, 0.1) is 6.92 Å². The van der Waals surface area contributed by atoms with Gasteiger partial charge in [0.15, 0.2) is 5.65 Å². The lowest BCUT2D eigenvalue weighted by atomic mass is 9.81. The van der Waals surface area contributed by atoms with Gasteiger partial charge in [-0.3, -0.25) is 9.59 Å². The van der Waals surface area contributed by atoms with Gasteiger partial charge in [-0.25, -0.2) is 9.50 Å². The summed E-state index contributed by atoms with van der Waals surface area (Å²) in [6.07, 6.45) is 0.00943. The van der Waals surface area contributed by atoms with E-state index in [1.54, 1.807) is 34.8 Å². The van der Waals surface area contributed by atoms with Gasteiger partial charge in [0.1, 0.15) is 5.82 Å². The molecule has 0 radical (unpaired) electrons. The fraction of sp³-hybridized carbons (Fsp3) is 0.200. The summed E-state index contributed by atoms with van der Waals surface area (Å²) in [6, 6.07) is 20.5. The van der Waals surface area contributed by atoms with E-state index in [9.17, 15) is 9.59 Å². The predicted octanol–water partition coefficient (Wildman–Crippen LogP) is 4.71. The smallest absolute Gasteiger partial charge is 0.304 e. The number of nitrogens with one attached hydrogen (secondary N) is 1. The Balaban J connectivity index is 1.62. The van der Waals surface area contributed by atoms with Crippen molar-refractivity contribution in [3.8, 4) is 11.3 Å². The highest BCUT2D eigenvalue weighted by Gasteiger charge is 2.24. The summed E-state index contributed by atoms with van der Waals surface area (Å²) in [5, 5.41) is 16.5. The molecule has 162 valence electrons. The molecule has 2 heterocycles. The molecule has 32 heavy (non-hydrogen) atoms. The average Bonchev–Trinajstić information content (AvgIpc) is 3.13. The third kappa shape index (κ3) is 4.37. The van der Waals surface area contributed by atoms with Gasteiger partial charge >= 0.3 is 5.97 Å². The van der Waals surface area contributed by atoms with Crippen molar-refractivity contribution in [2.45, 2.75) is 32.6 Å². The van der Waals surface area contributed by atoms with Crippen molar-refractivity contribution in [1.29, 1.82) is 0 Å². The van der Waals surface area contributed by atoms with E-state index in [4.69, 9.17) is 5.11 Å². The number of aliphatic carboxylic acids is 1. The number of benzene rings is 2. The molecule has 1 amide bonds. The van der Waals surface area contributed by atoms with E-state index in [1.165, 1.54) is 0 Å². The monoisotopic (exact) mass is 428 g/mol. The summed E-state index contributed by atoms with van der Waals surface area (Å²) in [5.41, 5.74) is 4.05. The van der Waals surface area contributed by atoms with Crippen molar-refractivity contribution in [3.05, 3.63) is 83.6 Å².